The van der Waals surface area contributed by atoms with E-state index < -0.39 is 0 Å². The molecule has 0 N–H and O–H groups in total. The van der Waals surface area contributed by atoms with E-state index >= 15 is 0 Å². The smallest absolute Gasteiger partial charge is 0.268 e. The van der Waals surface area contributed by atoms with E-state index in [4.69, 9.17) is 4.74 Å². The number of fused-ring (bicyclic) bond motifs is 12. The van der Waals surface area contributed by atoms with E-state index in [-0.39, 0.29) is 13.4 Å². The molecule has 12 aromatic carbocycles. The molecule has 6 heterocycles. The van der Waals surface area contributed by atoms with E-state index in [9.17, 15) is 0 Å². The summed E-state index contributed by atoms with van der Waals surface area (Å²) in [5, 5.41) is 2.47. The lowest BCUT2D eigenvalue weighted by molar-refractivity contribution is 0.488. The first-order valence-electron chi connectivity index (χ1n) is 29.3. The standard InChI is InChI=1S/C76H49B2N5OS2/c1-8-26-50(27-9-1)79(51-28-10-2-11-29-51)57-44-64-71-65(45-57)82(55-36-18-6-19-37-55)73-59-40-22-24-42-69(59)85-75(73)77(71)61-48-62-67(49-63(61)81(64)54-34-16-5-17-35-54)84-68-47-58(80(52-30-12-3-13-31-52)53-32-14-4-15-33-53)46-66-72(68)78(62)76-74(60-41-23-25-43-70(60)86-76)83(66)56-38-20-7-21-39-56/h1-49H. The number of hydrogen-bond donors (Lipinski definition) is 0. The Bertz CT molecular complexity index is 4880. The molecule has 0 spiro atoms. The van der Waals surface area contributed by atoms with Crippen LogP contribution in [-0.4, -0.2) is 13.4 Å². The van der Waals surface area contributed by atoms with Gasteiger partial charge >= 0.3 is 0 Å². The summed E-state index contributed by atoms with van der Waals surface area (Å²) < 4.78 is 12.9. The van der Waals surface area contributed by atoms with Crippen LogP contribution in [0.15, 0.2) is 297 Å². The molecule has 402 valence electrons. The molecule has 0 saturated carbocycles. The van der Waals surface area contributed by atoms with Gasteiger partial charge in [-0.15, -0.1) is 22.7 Å². The zero-order valence-corrected chi connectivity index (χ0v) is 48.0. The Morgan fingerprint density at radius 3 is 1.10 bits per heavy atom. The number of hydrogen-bond acceptors (Lipinski definition) is 8. The monoisotopic (exact) mass is 1130 g/mol. The molecule has 10 heteroatoms. The zero-order valence-electron chi connectivity index (χ0n) is 46.4. The van der Waals surface area contributed by atoms with Gasteiger partial charge in [-0.2, -0.15) is 0 Å². The van der Waals surface area contributed by atoms with Crippen molar-refractivity contribution >= 4 is 173 Å². The van der Waals surface area contributed by atoms with Crippen LogP contribution < -0.4 is 60.6 Å². The fraction of sp³-hybridized carbons (Fsp3) is 0. The molecule has 0 fully saturated rings. The number of rotatable bonds is 9. The lowest BCUT2D eigenvalue weighted by Crippen LogP contribution is -2.63. The van der Waals surface area contributed by atoms with Crippen LogP contribution >= 0.6 is 22.7 Å². The molecule has 0 atom stereocenters. The van der Waals surface area contributed by atoms with Gasteiger partial charge in [0.2, 0.25) is 0 Å². The van der Waals surface area contributed by atoms with Crippen molar-refractivity contribution in [3.8, 4) is 11.5 Å². The Hall–Kier alpha value is -10.5. The van der Waals surface area contributed by atoms with Gasteiger partial charge in [-0.3, -0.25) is 0 Å². The van der Waals surface area contributed by atoms with E-state index in [1.807, 2.05) is 22.7 Å². The maximum atomic E-state index is 7.79. The largest absolute Gasteiger partial charge is 0.458 e. The minimum absolute atomic E-state index is 0.150. The van der Waals surface area contributed by atoms with Crippen molar-refractivity contribution in [2.24, 2.45) is 0 Å². The normalized spacial score (nSPS) is 13.1. The first-order chi connectivity index (χ1) is 42.7. The maximum Gasteiger partial charge on any atom is 0.268 e. The van der Waals surface area contributed by atoms with Gasteiger partial charge in [0, 0.05) is 104 Å². The summed E-state index contributed by atoms with van der Waals surface area (Å²) in [5.74, 6) is 1.69. The predicted molar refractivity (Wildman–Crippen MR) is 366 cm³/mol. The van der Waals surface area contributed by atoms with Gasteiger partial charge < -0.3 is 29.2 Å². The molecule has 0 unspecified atom stereocenters. The minimum atomic E-state index is -0.164. The molecule has 0 bridgehead atoms. The quantitative estimate of drug-likeness (QED) is 0.134. The van der Waals surface area contributed by atoms with E-state index in [1.165, 1.54) is 52.0 Å². The van der Waals surface area contributed by atoms with Crippen molar-refractivity contribution in [1.82, 2.24) is 0 Å². The molecule has 0 amide bonds. The SMILES string of the molecule is c1ccc(N(c2ccccc2)c2cc3c4c(c2)N(c2ccccc2)c2c(sc5ccccc25)B4c2cc4c(cc2O3)N(c2ccccc2)c2cc(N(c3ccccc3)c3ccccc3)cc3c2B4c2sc4ccccc4c2N3c2ccccc2)cc1. The van der Waals surface area contributed by atoms with Gasteiger partial charge in [-0.25, -0.2) is 0 Å². The Kier molecular flexibility index (Phi) is 11.1. The van der Waals surface area contributed by atoms with Gasteiger partial charge in [0.15, 0.2) is 0 Å². The number of para-hydroxylation sites is 7. The summed E-state index contributed by atoms with van der Waals surface area (Å²) in [4.78, 5) is 12.4. The van der Waals surface area contributed by atoms with Crippen molar-refractivity contribution in [2.45, 2.75) is 0 Å². The second-order valence-electron chi connectivity index (χ2n) is 22.3. The highest BCUT2D eigenvalue weighted by atomic mass is 32.1. The lowest BCUT2D eigenvalue weighted by Gasteiger charge is -2.45. The minimum Gasteiger partial charge on any atom is -0.458 e. The Morgan fingerprint density at radius 1 is 0.291 bits per heavy atom. The third kappa shape index (κ3) is 7.46. The average molecular weight is 1130 g/mol. The predicted octanol–water partition coefficient (Wildman–Crippen LogP) is 17.5. The fourth-order valence-corrected chi connectivity index (χ4v) is 16.7. The summed E-state index contributed by atoms with van der Waals surface area (Å²) in [7, 11) is 0. The molecule has 18 rings (SSSR count). The third-order valence-corrected chi connectivity index (χ3v) is 20.0. The van der Waals surface area contributed by atoms with Crippen LogP contribution in [0.1, 0.15) is 0 Å². The summed E-state index contributed by atoms with van der Waals surface area (Å²) in [6, 6.07) is 109. The summed E-state index contributed by atoms with van der Waals surface area (Å²) in [6.07, 6.45) is 0. The molecule has 86 heavy (non-hydrogen) atoms. The second-order valence-corrected chi connectivity index (χ2v) is 24.5. The summed E-state index contributed by atoms with van der Waals surface area (Å²) in [5.41, 5.74) is 21.3. The van der Waals surface area contributed by atoms with Crippen molar-refractivity contribution in [3.05, 3.63) is 297 Å². The van der Waals surface area contributed by atoms with E-state index in [1.54, 1.807) is 0 Å². The van der Waals surface area contributed by atoms with Crippen LogP contribution in [0, 0.1) is 0 Å². The highest BCUT2D eigenvalue weighted by molar-refractivity contribution is 7.34. The fourth-order valence-electron chi connectivity index (χ4n) is 14.1. The molecule has 14 aromatic rings. The molecular formula is C76H49B2N5OS2. The number of benzene rings is 12. The number of anilines is 15. The highest BCUT2D eigenvalue weighted by Crippen LogP contribution is 2.53. The average Bonchev–Trinajstić information content (AvgIpc) is 1.25. The van der Waals surface area contributed by atoms with E-state index in [2.05, 4.69) is 322 Å². The van der Waals surface area contributed by atoms with Crippen LogP contribution in [0.4, 0.5) is 85.3 Å². The topological polar surface area (TPSA) is 25.4 Å². The highest BCUT2D eigenvalue weighted by Gasteiger charge is 2.50. The molecule has 2 aromatic heterocycles. The first-order valence-corrected chi connectivity index (χ1v) is 30.9. The van der Waals surface area contributed by atoms with Crippen molar-refractivity contribution in [3.63, 3.8) is 0 Å². The molecule has 0 saturated heterocycles. The molecule has 4 aliphatic heterocycles. The molecular weight excluding hydrogens is 1080 g/mol. The van der Waals surface area contributed by atoms with Crippen molar-refractivity contribution in [2.75, 3.05) is 24.5 Å². The van der Waals surface area contributed by atoms with Crippen LogP contribution in [0.3, 0.4) is 0 Å². The Labute approximate surface area is 507 Å². The van der Waals surface area contributed by atoms with Crippen LogP contribution in [0.5, 0.6) is 11.5 Å². The third-order valence-electron chi connectivity index (χ3n) is 17.5. The lowest BCUT2D eigenvalue weighted by atomic mass is 9.33. The number of ether oxygens (including phenoxy) is 1. The van der Waals surface area contributed by atoms with Gasteiger partial charge in [0.1, 0.15) is 11.5 Å². The molecule has 6 nitrogen and oxygen atoms in total. The van der Waals surface area contributed by atoms with Crippen molar-refractivity contribution in [1.29, 1.82) is 0 Å². The van der Waals surface area contributed by atoms with Crippen LogP contribution in [0.25, 0.3) is 20.2 Å². The van der Waals surface area contributed by atoms with Gasteiger partial charge in [0.25, 0.3) is 13.4 Å². The van der Waals surface area contributed by atoms with E-state index in [0.29, 0.717) is 0 Å². The summed E-state index contributed by atoms with van der Waals surface area (Å²) in [6.45, 7) is -0.314. The van der Waals surface area contributed by atoms with Gasteiger partial charge in [-0.1, -0.05) is 170 Å². The van der Waals surface area contributed by atoms with Gasteiger partial charge in [-0.05, 0) is 137 Å². The van der Waals surface area contributed by atoms with Crippen LogP contribution in [-0.2, 0) is 0 Å². The number of nitrogens with zero attached hydrogens (tertiary/aromatic N) is 5. The van der Waals surface area contributed by atoms with Crippen molar-refractivity contribution < 1.29 is 4.74 Å². The maximum absolute atomic E-state index is 7.79. The molecule has 0 aliphatic carbocycles. The first kappa shape index (κ1) is 49.0. The van der Waals surface area contributed by atoms with Crippen LogP contribution in [0.2, 0.25) is 0 Å². The second kappa shape index (κ2) is 19.5. The zero-order chi connectivity index (χ0) is 56.4. The Balaban J connectivity index is 0.948. The van der Waals surface area contributed by atoms with Gasteiger partial charge in [0.05, 0.1) is 22.7 Å². The molecule has 0 radical (unpaired) electrons. The number of thiophene rings is 2. The molecule has 4 aliphatic rings. The Morgan fingerprint density at radius 2 is 0.651 bits per heavy atom. The summed E-state index contributed by atoms with van der Waals surface area (Å²) >= 11 is 3.84. The van der Waals surface area contributed by atoms with E-state index in [0.717, 1.165) is 96.4 Å².